The van der Waals surface area contributed by atoms with Crippen LogP contribution in [0.4, 0.5) is 5.82 Å². The summed E-state index contributed by atoms with van der Waals surface area (Å²) in [7, 11) is 1.97. The van der Waals surface area contributed by atoms with E-state index in [2.05, 4.69) is 16.9 Å². The zero-order valence-electron chi connectivity index (χ0n) is 9.16. The third-order valence-electron chi connectivity index (χ3n) is 2.63. The van der Waals surface area contributed by atoms with Crippen LogP contribution in [-0.2, 0) is 6.42 Å². The van der Waals surface area contributed by atoms with Crippen molar-refractivity contribution < 1.29 is 4.79 Å². The molecule has 1 aromatic heterocycles. The first-order valence-corrected chi connectivity index (χ1v) is 5.32. The van der Waals surface area contributed by atoms with Gasteiger partial charge in [0, 0.05) is 32.6 Å². The van der Waals surface area contributed by atoms with E-state index in [0.29, 0.717) is 12.0 Å². The minimum Gasteiger partial charge on any atom is -0.359 e. The SMILES string of the molecule is CCCc1ncc2c(n1)N(C)CCC2=O. The standard InChI is InChI=1S/C11H15N3O/c1-3-4-10-12-7-8-9(15)5-6-14(2)11(8)13-10/h7H,3-6H2,1-2H3. The van der Waals surface area contributed by atoms with Crippen LogP contribution in [0.2, 0.25) is 0 Å². The summed E-state index contributed by atoms with van der Waals surface area (Å²) in [4.78, 5) is 22.3. The van der Waals surface area contributed by atoms with E-state index >= 15 is 0 Å². The van der Waals surface area contributed by atoms with Gasteiger partial charge in [0.25, 0.3) is 0 Å². The molecule has 2 heterocycles. The highest BCUT2D eigenvalue weighted by molar-refractivity contribution is 6.02. The number of hydrogen-bond acceptors (Lipinski definition) is 4. The highest BCUT2D eigenvalue weighted by Gasteiger charge is 2.22. The van der Waals surface area contributed by atoms with Gasteiger partial charge in [-0.2, -0.15) is 0 Å². The van der Waals surface area contributed by atoms with Gasteiger partial charge in [-0.3, -0.25) is 4.79 Å². The van der Waals surface area contributed by atoms with Crippen molar-refractivity contribution in [3.63, 3.8) is 0 Å². The largest absolute Gasteiger partial charge is 0.359 e. The van der Waals surface area contributed by atoms with Gasteiger partial charge in [-0.25, -0.2) is 9.97 Å². The average molecular weight is 205 g/mol. The van der Waals surface area contributed by atoms with E-state index in [1.807, 2.05) is 11.9 Å². The number of fused-ring (bicyclic) bond motifs is 1. The molecular formula is C11H15N3O. The quantitative estimate of drug-likeness (QED) is 0.733. The Morgan fingerprint density at radius 2 is 2.33 bits per heavy atom. The molecule has 2 rings (SSSR count). The summed E-state index contributed by atoms with van der Waals surface area (Å²) in [5.41, 5.74) is 0.670. The summed E-state index contributed by atoms with van der Waals surface area (Å²) in [5.74, 6) is 1.79. The average Bonchev–Trinajstić information content (AvgIpc) is 2.24. The lowest BCUT2D eigenvalue weighted by atomic mass is 10.1. The topological polar surface area (TPSA) is 46.1 Å². The molecule has 0 amide bonds. The first-order valence-electron chi connectivity index (χ1n) is 5.32. The number of aromatic nitrogens is 2. The zero-order valence-corrected chi connectivity index (χ0v) is 9.16. The van der Waals surface area contributed by atoms with Crippen LogP contribution in [0, 0.1) is 0 Å². The van der Waals surface area contributed by atoms with Gasteiger partial charge in [-0.15, -0.1) is 0 Å². The lowest BCUT2D eigenvalue weighted by Gasteiger charge is -2.25. The normalized spacial score (nSPS) is 15.3. The molecule has 0 unspecified atom stereocenters. The van der Waals surface area contributed by atoms with Crippen LogP contribution < -0.4 is 4.90 Å². The predicted molar refractivity (Wildman–Crippen MR) is 58.2 cm³/mol. The van der Waals surface area contributed by atoms with Gasteiger partial charge < -0.3 is 4.90 Å². The van der Waals surface area contributed by atoms with E-state index in [-0.39, 0.29) is 5.78 Å². The second kappa shape index (κ2) is 3.96. The van der Waals surface area contributed by atoms with Crippen LogP contribution in [0.3, 0.4) is 0 Å². The lowest BCUT2D eigenvalue weighted by molar-refractivity contribution is 0.0979. The summed E-state index contributed by atoms with van der Waals surface area (Å²) in [6.07, 6.45) is 4.14. The fourth-order valence-corrected chi connectivity index (χ4v) is 1.75. The van der Waals surface area contributed by atoms with Crippen LogP contribution in [0.15, 0.2) is 6.20 Å². The predicted octanol–water partition coefficient (Wildman–Crippen LogP) is 1.45. The molecule has 0 atom stereocenters. The van der Waals surface area contributed by atoms with Gasteiger partial charge in [0.2, 0.25) is 0 Å². The van der Waals surface area contributed by atoms with Gasteiger partial charge >= 0.3 is 0 Å². The van der Waals surface area contributed by atoms with Crippen LogP contribution >= 0.6 is 0 Å². The molecule has 0 N–H and O–H groups in total. The number of ketones is 1. The van der Waals surface area contributed by atoms with Crippen molar-refractivity contribution in [3.05, 3.63) is 17.6 Å². The Labute approximate surface area is 89.3 Å². The summed E-state index contributed by atoms with van der Waals surface area (Å²) < 4.78 is 0. The molecule has 0 aromatic carbocycles. The van der Waals surface area contributed by atoms with Crippen molar-refractivity contribution in [1.29, 1.82) is 0 Å². The van der Waals surface area contributed by atoms with Gasteiger partial charge in [-0.05, 0) is 6.42 Å². The van der Waals surface area contributed by atoms with Gasteiger partial charge in [0.15, 0.2) is 5.78 Å². The van der Waals surface area contributed by atoms with Crippen molar-refractivity contribution in [1.82, 2.24) is 9.97 Å². The van der Waals surface area contributed by atoms with Crippen LogP contribution in [0.5, 0.6) is 0 Å². The molecule has 0 saturated carbocycles. The minimum atomic E-state index is 0.158. The fraction of sp³-hybridized carbons (Fsp3) is 0.545. The number of aryl methyl sites for hydroxylation is 1. The molecule has 4 heteroatoms. The maximum Gasteiger partial charge on any atom is 0.169 e. The molecule has 4 nitrogen and oxygen atoms in total. The molecule has 0 aliphatic carbocycles. The van der Waals surface area contributed by atoms with Crippen molar-refractivity contribution >= 4 is 11.6 Å². The van der Waals surface area contributed by atoms with E-state index in [4.69, 9.17) is 0 Å². The molecule has 80 valence electrons. The Hall–Kier alpha value is -1.45. The molecule has 0 fully saturated rings. The number of hydrogen-bond donors (Lipinski definition) is 0. The third kappa shape index (κ3) is 1.84. The molecule has 1 aromatic rings. The summed E-state index contributed by atoms with van der Waals surface area (Å²) in [6.45, 7) is 2.85. The molecule has 0 bridgehead atoms. The lowest BCUT2D eigenvalue weighted by Crippen LogP contribution is -2.30. The molecule has 15 heavy (non-hydrogen) atoms. The number of carbonyl (C=O) groups excluding carboxylic acids is 1. The van der Waals surface area contributed by atoms with E-state index in [1.54, 1.807) is 6.20 Å². The molecule has 0 radical (unpaired) electrons. The summed E-state index contributed by atoms with van der Waals surface area (Å²) in [5, 5.41) is 0. The van der Waals surface area contributed by atoms with Crippen molar-refractivity contribution in [2.75, 3.05) is 18.5 Å². The van der Waals surface area contributed by atoms with E-state index < -0.39 is 0 Å². The highest BCUT2D eigenvalue weighted by atomic mass is 16.1. The molecular weight excluding hydrogens is 190 g/mol. The Morgan fingerprint density at radius 1 is 1.53 bits per heavy atom. The Bertz CT molecular complexity index is 389. The maximum atomic E-state index is 11.6. The van der Waals surface area contributed by atoms with Crippen molar-refractivity contribution in [3.8, 4) is 0 Å². The smallest absolute Gasteiger partial charge is 0.169 e. The Kier molecular flexibility index (Phi) is 2.66. The highest BCUT2D eigenvalue weighted by Crippen LogP contribution is 2.22. The van der Waals surface area contributed by atoms with E-state index in [9.17, 15) is 4.79 Å². The fourth-order valence-electron chi connectivity index (χ4n) is 1.75. The van der Waals surface area contributed by atoms with Crippen LogP contribution in [0.1, 0.15) is 35.9 Å². The van der Waals surface area contributed by atoms with Gasteiger partial charge in [0.1, 0.15) is 11.6 Å². The molecule has 1 aliphatic heterocycles. The van der Waals surface area contributed by atoms with Crippen LogP contribution in [0.25, 0.3) is 0 Å². The van der Waals surface area contributed by atoms with E-state index in [0.717, 1.165) is 31.0 Å². The van der Waals surface area contributed by atoms with Gasteiger partial charge in [0.05, 0.1) is 5.56 Å². The van der Waals surface area contributed by atoms with Crippen molar-refractivity contribution in [2.24, 2.45) is 0 Å². The van der Waals surface area contributed by atoms with E-state index in [1.165, 1.54) is 0 Å². The number of anilines is 1. The summed E-state index contributed by atoms with van der Waals surface area (Å²) >= 11 is 0. The van der Waals surface area contributed by atoms with Gasteiger partial charge in [-0.1, -0.05) is 6.92 Å². The third-order valence-corrected chi connectivity index (χ3v) is 2.63. The number of rotatable bonds is 2. The minimum absolute atomic E-state index is 0.158. The first kappa shape index (κ1) is 10.1. The zero-order chi connectivity index (χ0) is 10.8. The molecule has 0 saturated heterocycles. The Balaban J connectivity index is 2.40. The number of nitrogens with zero attached hydrogens (tertiary/aromatic N) is 3. The molecule has 1 aliphatic rings. The number of Topliss-reactive ketones (excluding diaryl/α,β-unsaturated/α-hetero) is 1. The Morgan fingerprint density at radius 3 is 3.07 bits per heavy atom. The first-order chi connectivity index (χ1) is 7.22. The second-order valence-electron chi connectivity index (χ2n) is 3.87. The summed E-state index contributed by atoms with van der Waals surface area (Å²) in [6, 6.07) is 0. The second-order valence-corrected chi connectivity index (χ2v) is 3.87. The molecule has 0 spiro atoms. The maximum absolute atomic E-state index is 11.6. The van der Waals surface area contributed by atoms with Crippen molar-refractivity contribution in [2.45, 2.75) is 26.2 Å². The number of carbonyl (C=O) groups is 1. The van der Waals surface area contributed by atoms with Crippen LogP contribution in [-0.4, -0.2) is 29.3 Å². The monoisotopic (exact) mass is 205 g/mol.